The summed E-state index contributed by atoms with van der Waals surface area (Å²) in [5.41, 5.74) is 10.6. The molecule has 0 saturated heterocycles. The topological polar surface area (TPSA) is 78.3 Å². The smallest absolute Gasteiger partial charge is 0.407 e. The first-order chi connectivity index (χ1) is 6.00. The van der Waals surface area contributed by atoms with Gasteiger partial charge in [-0.05, 0) is 28.1 Å². The molecule has 0 fully saturated rings. The average molecular weight is 265 g/mol. The molecule has 13 heavy (non-hydrogen) atoms. The SMILES string of the molecule is NC(=O)Oc1c(N)cc(Cl)cc1Br. The first-order valence-corrected chi connectivity index (χ1v) is 4.39. The molecule has 0 radical (unpaired) electrons. The van der Waals surface area contributed by atoms with Gasteiger partial charge < -0.3 is 16.2 Å². The summed E-state index contributed by atoms with van der Waals surface area (Å²) in [6.45, 7) is 0. The maximum Gasteiger partial charge on any atom is 0.410 e. The number of nitrogens with two attached hydrogens (primary N) is 2. The van der Waals surface area contributed by atoms with Gasteiger partial charge in [0.2, 0.25) is 0 Å². The first kappa shape index (κ1) is 10.1. The molecule has 0 aromatic heterocycles. The lowest BCUT2D eigenvalue weighted by molar-refractivity contribution is 0.211. The Kier molecular flexibility index (Phi) is 3.00. The van der Waals surface area contributed by atoms with Crippen LogP contribution in [0.5, 0.6) is 5.75 Å². The second kappa shape index (κ2) is 3.85. The molecule has 0 aliphatic carbocycles. The molecule has 4 nitrogen and oxygen atoms in total. The van der Waals surface area contributed by atoms with Crippen molar-refractivity contribution in [2.75, 3.05) is 5.73 Å². The molecule has 0 aliphatic heterocycles. The van der Waals surface area contributed by atoms with Crippen molar-refractivity contribution in [1.82, 2.24) is 0 Å². The molecular formula is C7H6BrClN2O2. The molecule has 0 unspecified atom stereocenters. The van der Waals surface area contributed by atoms with Crippen LogP contribution in [0.1, 0.15) is 0 Å². The number of amides is 1. The van der Waals surface area contributed by atoms with E-state index in [0.29, 0.717) is 9.50 Å². The van der Waals surface area contributed by atoms with Crippen LogP contribution in [0.4, 0.5) is 10.5 Å². The van der Waals surface area contributed by atoms with Crippen LogP contribution in [0, 0.1) is 0 Å². The number of anilines is 1. The Morgan fingerprint density at radius 3 is 2.62 bits per heavy atom. The highest BCUT2D eigenvalue weighted by Crippen LogP contribution is 2.34. The van der Waals surface area contributed by atoms with E-state index in [0.717, 1.165) is 0 Å². The van der Waals surface area contributed by atoms with Crippen molar-refractivity contribution >= 4 is 39.3 Å². The van der Waals surface area contributed by atoms with Gasteiger partial charge in [-0.25, -0.2) is 4.79 Å². The summed E-state index contributed by atoms with van der Waals surface area (Å²) in [5, 5.41) is 0.446. The number of hydrogen-bond acceptors (Lipinski definition) is 3. The Labute approximate surface area is 87.9 Å². The highest BCUT2D eigenvalue weighted by atomic mass is 79.9. The zero-order chi connectivity index (χ0) is 10.0. The van der Waals surface area contributed by atoms with Crippen molar-refractivity contribution in [3.8, 4) is 5.75 Å². The molecule has 1 aromatic carbocycles. The number of halogens is 2. The molecule has 0 atom stereocenters. The van der Waals surface area contributed by atoms with Crippen LogP contribution in [0.3, 0.4) is 0 Å². The van der Waals surface area contributed by atoms with Gasteiger partial charge in [0.15, 0.2) is 5.75 Å². The van der Waals surface area contributed by atoms with Crippen molar-refractivity contribution < 1.29 is 9.53 Å². The molecule has 1 aromatic rings. The van der Waals surface area contributed by atoms with Gasteiger partial charge in [-0.2, -0.15) is 0 Å². The number of carbonyl (C=O) groups is 1. The van der Waals surface area contributed by atoms with Crippen molar-refractivity contribution in [3.63, 3.8) is 0 Å². The lowest BCUT2D eigenvalue weighted by atomic mass is 10.3. The van der Waals surface area contributed by atoms with Gasteiger partial charge in [0.05, 0.1) is 10.2 Å². The van der Waals surface area contributed by atoms with Crippen molar-refractivity contribution in [1.29, 1.82) is 0 Å². The summed E-state index contributed by atoms with van der Waals surface area (Å²) in [5.74, 6) is 0.178. The van der Waals surface area contributed by atoms with E-state index in [9.17, 15) is 4.79 Å². The number of hydrogen-bond donors (Lipinski definition) is 2. The molecule has 1 rings (SSSR count). The number of benzene rings is 1. The van der Waals surface area contributed by atoms with Crippen LogP contribution in [0.15, 0.2) is 16.6 Å². The monoisotopic (exact) mass is 264 g/mol. The molecule has 4 N–H and O–H groups in total. The summed E-state index contributed by atoms with van der Waals surface area (Å²) in [6, 6.07) is 3.01. The minimum Gasteiger partial charge on any atom is -0.407 e. The van der Waals surface area contributed by atoms with Gasteiger partial charge in [-0.1, -0.05) is 11.6 Å². The summed E-state index contributed by atoms with van der Waals surface area (Å²) in [7, 11) is 0. The molecule has 0 spiro atoms. The van der Waals surface area contributed by atoms with Crippen LogP contribution in [0.25, 0.3) is 0 Å². The quantitative estimate of drug-likeness (QED) is 0.764. The largest absolute Gasteiger partial charge is 0.410 e. The predicted octanol–water partition coefficient (Wildman–Crippen LogP) is 2.14. The van der Waals surface area contributed by atoms with E-state index < -0.39 is 6.09 Å². The van der Waals surface area contributed by atoms with Gasteiger partial charge in [0.1, 0.15) is 0 Å². The van der Waals surface area contributed by atoms with Crippen LogP contribution in [-0.4, -0.2) is 6.09 Å². The third-order valence-corrected chi connectivity index (χ3v) is 2.05. The molecule has 70 valence electrons. The normalized spacial score (nSPS) is 9.69. The van der Waals surface area contributed by atoms with Crippen LogP contribution < -0.4 is 16.2 Å². The third-order valence-electron chi connectivity index (χ3n) is 1.24. The predicted molar refractivity (Wildman–Crippen MR) is 53.8 cm³/mol. The fraction of sp³-hybridized carbons (Fsp3) is 0. The fourth-order valence-electron chi connectivity index (χ4n) is 0.789. The van der Waals surface area contributed by atoms with E-state index in [1.165, 1.54) is 6.07 Å². The number of carbonyl (C=O) groups excluding carboxylic acids is 1. The van der Waals surface area contributed by atoms with E-state index in [4.69, 9.17) is 23.1 Å². The Morgan fingerprint density at radius 1 is 1.54 bits per heavy atom. The zero-order valence-electron chi connectivity index (χ0n) is 6.38. The third kappa shape index (κ3) is 2.50. The van der Waals surface area contributed by atoms with Gasteiger partial charge >= 0.3 is 6.09 Å². The standard InChI is InChI=1S/C7H6BrClN2O2/c8-4-1-3(9)2-5(10)6(4)13-7(11)12/h1-2H,10H2,(H2,11,12). The molecule has 0 heterocycles. The summed E-state index contributed by atoms with van der Waals surface area (Å²) in [6.07, 6.45) is -0.922. The molecule has 6 heteroatoms. The summed E-state index contributed by atoms with van der Waals surface area (Å²) < 4.78 is 5.12. The highest BCUT2D eigenvalue weighted by molar-refractivity contribution is 9.10. The van der Waals surface area contributed by atoms with E-state index in [2.05, 4.69) is 20.7 Å². The lowest BCUT2D eigenvalue weighted by Crippen LogP contribution is -2.17. The zero-order valence-corrected chi connectivity index (χ0v) is 8.72. The van der Waals surface area contributed by atoms with Crippen LogP contribution in [0.2, 0.25) is 5.02 Å². The lowest BCUT2D eigenvalue weighted by Gasteiger charge is -2.07. The summed E-state index contributed by atoms with van der Waals surface area (Å²) >= 11 is 8.81. The minimum absolute atomic E-state index is 0.178. The minimum atomic E-state index is -0.922. The summed E-state index contributed by atoms with van der Waals surface area (Å²) in [4.78, 5) is 10.4. The van der Waals surface area contributed by atoms with Gasteiger partial charge in [0.25, 0.3) is 0 Å². The second-order valence-electron chi connectivity index (χ2n) is 2.23. The van der Waals surface area contributed by atoms with E-state index in [1.807, 2.05) is 0 Å². The van der Waals surface area contributed by atoms with Crippen molar-refractivity contribution in [2.24, 2.45) is 5.73 Å². The Balaban J connectivity index is 3.13. The van der Waals surface area contributed by atoms with E-state index >= 15 is 0 Å². The molecule has 0 bridgehead atoms. The molecule has 0 saturated carbocycles. The van der Waals surface area contributed by atoms with Crippen molar-refractivity contribution in [3.05, 3.63) is 21.6 Å². The van der Waals surface area contributed by atoms with Crippen LogP contribution >= 0.6 is 27.5 Å². The second-order valence-corrected chi connectivity index (χ2v) is 3.52. The molecule has 1 amide bonds. The van der Waals surface area contributed by atoms with Gasteiger partial charge in [-0.3, -0.25) is 0 Å². The van der Waals surface area contributed by atoms with E-state index in [1.54, 1.807) is 6.07 Å². The molecule has 0 aliphatic rings. The number of primary amides is 1. The first-order valence-electron chi connectivity index (χ1n) is 3.22. The van der Waals surface area contributed by atoms with Crippen molar-refractivity contribution in [2.45, 2.75) is 0 Å². The Bertz CT molecular complexity index is 333. The number of nitrogen functional groups attached to an aromatic ring is 1. The van der Waals surface area contributed by atoms with Gasteiger partial charge in [0, 0.05) is 5.02 Å². The highest BCUT2D eigenvalue weighted by Gasteiger charge is 2.09. The number of rotatable bonds is 1. The maximum absolute atomic E-state index is 10.4. The number of ether oxygens (including phenoxy) is 1. The fourth-order valence-corrected chi connectivity index (χ4v) is 1.70. The maximum atomic E-state index is 10.4. The van der Waals surface area contributed by atoms with Crippen LogP contribution in [-0.2, 0) is 0 Å². The average Bonchev–Trinajstić information content (AvgIpc) is 1.96. The molecular weight excluding hydrogens is 259 g/mol. The Morgan fingerprint density at radius 2 is 2.15 bits per heavy atom. The van der Waals surface area contributed by atoms with E-state index in [-0.39, 0.29) is 11.4 Å². The van der Waals surface area contributed by atoms with Gasteiger partial charge in [-0.15, -0.1) is 0 Å². The Hall–Kier alpha value is -0.940.